The summed E-state index contributed by atoms with van der Waals surface area (Å²) >= 11 is 0. The predicted molar refractivity (Wildman–Crippen MR) is 73.7 cm³/mol. The molecule has 7 heteroatoms. The quantitative estimate of drug-likeness (QED) is 0.909. The van der Waals surface area contributed by atoms with Crippen molar-refractivity contribution in [1.29, 1.82) is 0 Å². The number of nitrogens with zero attached hydrogens (tertiary/aromatic N) is 2. The van der Waals surface area contributed by atoms with Crippen molar-refractivity contribution >= 4 is 11.0 Å². The summed E-state index contributed by atoms with van der Waals surface area (Å²) in [6.45, 7) is 1.51. The second-order valence-corrected chi connectivity index (χ2v) is 5.19. The molecule has 0 saturated carbocycles. The molecule has 0 fully saturated rings. The molecule has 0 bridgehead atoms. The van der Waals surface area contributed by atoms with Crippen LogP contribution in [0.2, 0.25) is 0 Å². The summed E-state index contributed by atoms with van der Waals surface area (Å²) in [5.41, 5.74) is 3.83. The Morgan fingerprint density at radius 1 is 1.33 bits per heavy atom. The van der Waals surface area contributed by atoms with Crippen LogP contribution < -0.4 is 5.73 Å². The third kappa shape index (κ3) is 2.63. The average Bonchev–Trinajstić information content (AvgIpc) is 2.73. The number of aliphatic hydroxyl groups is 1. The van der Waals surface area contributed by atoms with Crippen LogP contribution in [0.3, 0.4) is 0 Å². The Morgan fingerprint density at radius 2 is 1.95 bits per heavy atom. The van der Waals surface area contributed by atoms with Crippen LogP contribution in [0.5, 0.6) is 0 Å². The fourth-order valence-electron chi connectivity index (χ4n) is 2.37. The molecule has 1 aromatic carbocycles. The molecule has 116 valence electrons. The molecule has 2 rings (SSSR count). The number of imidazole rings is 1. The SMILES string of the molecule is CCC(N)C(O)(Cc1nc2ccccc2n1C)C(F)(F)F. The van der Waals surface area contributed by atoms with Crippen LogP contribution in [-0.4, -0.2) is 32.5 Å². The molecule has 2 atom stereocenters. The molecule has 1 aromatic heterocycles. The molecule has 4 nitrogen and oxygen atoms in total. The van der Waals surface area contributed by atoms with E-state index in [0.717, 1.165) is 0 Å². The first-order chi connectivity index (χ1) is 9.70. The van der Waals surface area contributed by atoms with E-state index in [1.807, 2.05) is 0 Å². The van der Waals surface area contributed by atoms with Gasteiger partial charge < -0.3 is 15.4 Å². The number of hydrogen-bond donors (Lipinski definition) is 2. The van der Waals surface area contributed by atoms with Gasteiger partial charge in [-0.1, -0.05) is 19.1 Å². The number of halogens is 3. The summed E-state index contributed by atoms with van der Waals surface area (Å²) in [5.74, 6) is 0.153. The molecule has 0 saturated heterocycles. The maximum absolute atomic E-state index is 13.2. The monoisotopic (exact) mass is 301 g/mol. The summed E-state index contributed by atoms with van der Waals surface area (Å²) in [5, 5.41) is 10.1. The highest BCUT2D eigenvalue weighted by molar-refractivity contribution is 5.75. The van der Waals surface area contributed by atoms with Crippen molar-refractivity contribution in [1.82, 2.24) is 9.55 Å². The molecule has 0 aliphatic carbocycles. The third-order valence-electron chi connectivity index (χ3n) is 3.85. The van der Waals surface area contributed by atoms with Crippen molar-refractivity contribution in [2.45, 2.75) is 37.6 Å². The summed E-state index contributed by atoms with van der Waals surface area (Å²) in [7, 11) is 1.62. The van der Waals surface area contributed by atoms with Crippen LogP contribution in [0.1, 0.15) is 19.2 Å². The minimum Gasteiger partial charge on any atom is -0.379 e. The van der Waals surface area contributed by atoms with Crippen LogP contribution in [-0.2, 0) is 13.5 Å². The zero-order valence-corrected chi connectivity index (χ0v) is 11.9. The zero-order valence-electron chi connectivity index (χ0n) is 11.9. The minimum absolute atomic E-state index is 0.0138. The summed E-state index contributed by atoms with van der Waals surface area (Å²) in [6, 6.07) is 5.61. The zero-order chi connectivity index (χ0) is 15.8. The van der Waals surface area contributed by atoms with Crippen LogP contribution in [0.4, 0.5) is 13.2 Å². The largest absolute Gasteiger partial charge is 0.419 e. The van der Waals surface area contributed by atoms with Gasteiger partial charge in [0.25, 0.3) is 0 Å². The van der Waals surface area contributed by atoms with Gasteiger partial charge in [-0.15, -0.1) is 0 Å². The van der Waals surface area contributed by atoms with E-state index in [0.29, 0.717) is 11.0 Å². The number of benzene rings is 1. The highest BCUT2D eigenvalue weighted by Crippen LogP contribution is 2.36. The van der Waals surface area contributed by atoms with E-state index in [-0.39, 0.29) is 12.2 Å². The highest BCUT2D eigenvalue weighted by Gasteiger charge is 2.57. The lowest BCUT2D eigenvalue weighted by Crippen LogP contribution is -2.59. The highest BCUT2D eigenvalue weighted by atomic mass is 19.4. The number of aryl methyl sites for hydroxylation is 1. The topological polar surface area (TPSA) is 64.1 Å². The van der Waals surface area contributed by atoms with E-state index in [9.17, 15) is 18.3 Å². The molecule has 2 unspecified atom stereocenters. The molecular weight excluding hydrogens is 283 g/mol. The van der Waals surface area contributed by atoms with Gasteiger partial charge in [0.2, 0.25) is 0 Å². The number of nitrogens with two attached hydrogens (primary N) is 1. The smallest absolute Gasteiger partial charge is 0.379 e. The van der Waals surface area contributed by atoms with Crippen molar-refractivity contribution < 1.29 is 18.3 Å². The first-order valence-corrected chi connectivity index (χ1v) is 6.65. The van der Waals surface area contributed by atoms with Crippen molar-refractivity contribution in [3.63, 3.8) is 0 Å². The predicted octanol–water partition coefficient (Wildman–Crippen LogP) is 2.15. The van der Waals surface area contributed by atoms with E-state index in [4.69, 9.17) is 5.73 Å². The molecule has 2 aromatic rings. The van der Waals surface area contributed by atoms with Gasteiger partial charge in [-0.3, -0.25) is 0 Å². The molecule has 1 heterocycles. The number of rotatable bonds is 4. The maximum Gasteiger partial charge on any atom is 0.419 e. The van der Waals surface area contributed by atoms with Crippen LogP contribution in [0, 0.1) is 0 Å². The van der Waals surface area contributed by atoms with Gasteiger partial charge in [0.05, 0.1) is 11.0 Å². The fraction of sp³-hybridized carbons (Fsp3) is 0.500. The molecule has 0 spiro atoms. The molecule has 0 amide bonds. The third-order valence-corrected chi connectivity index (χ3v) is 3.85. The van der Waals surface area contributed by atoms with Crippen LogP contribution in [0.15, 0.2) is 24.3 Å². The van der Waals surface area contributed by atoms with E-state index in [1.54, 1.807) is 35.9 Å². The van der Waals surface area contributed by atoms with Gasteiger partial charge in [0.1, 0.15) is 5.82 Å². The van der Waals surface area contributed by atoms with Gasteiger partial charge in [-0.05, 0) is 18.6 Å². The average molecular weight is 301 g/mol. The number of aromatic nitrogens is 2. The summed E-state index contributed by atoms with van der Waals surface area (Å²) < 4.78 is 41.3. The number of hydrogen-bond acceptors (Lipinski definition) is 3. The van der Waals surface area contributed by atoms with Gasteiger partial charge in [-0.25, -0.2) is 4.98 Å². The Balaban J connectivity index is 2.47. The van der Waals surface area contributed by atoms with Gasteiger partial charge in [-0.2, -0.15) is 13.2 Å². The van der Waals surface area contributed by atoms with Crippen LogP contribution in [0.25, 0.3) is 11.0 Å². The van der Waals surface area contributed by atoms with Gasteiger partial charge in [0, 0.05) is 19.5 Å². The molecule has 0 radical (unpaired) electrons. The normalized spacial score (nSPS) is 16.9. The molecule has 3 N–H and O–H groups in total. The number of alkyl halides is 3. The summed E-state index contributed by atoms with van der Waals surface area (Å²) in [4.78, 5) is 4.17. The van der Waals surface area contributed by atoms with E-state index in [1.165, 1.54) is 6.92 Å². The van der Waals surface area contributed by atoms with Crippen molar-refractivity contribution in [3.05, 3.63) is 30.1 Å². The molecule has 21 heavy (non-hydrogen) atoms. The van der Waals surface area contributed by atoms with Crippen molar-refractivity contribution in [2.75, 3.05) is 0 Å². The second-order valence-electron chi connectivity index (χ2n) is 5.19. The van der Waals surface area contributed by atoms with E-state index < -0.39 is 24.2 Å². The summed E-state index contributed by atoms with van der Waals surface area (Å²) in [6.07, 6.45) is -5.47. The standard InChI is InChI=1S/C14H18F3N3O/c1-3-11(18)13(21,14(15,16)17)8-12-19-9-6-4-5-7-10(9)20(12)2/h4-7,11,21H,3,8,18H2,1-2H3. The molecule has 0 aliphatic heterocycles. The lowest BCUT2D eigenvalue weighted by Gasteiger charge is -2.35. The Hall–Kier alpha value is -1.60. The fourth-order valence-corrected chi connectivity index (χ4v) is 2.37. The Morgan fingerprint density at radius 3 is 2.48 bits per heavy atom. The van der Waals surface area contributed by atoms with E-state index in [2.05, 4.69) is 4.98 Å². The lowest BCUT2D eigenvalue weighted by atomic mass is 9.88. The molecule has 0 aliphatic rings. The van der Waals surface area contributed by atoms with Crippen LogP contribution >= 0.6 is 0 Å². The van der Waals surface area contributed by atoms with Crippen molar-refractivity contribution in [2.24, 2.45) is 12.8 Å². The first kappa shape index (κ1) is 15.8. The minimum atomic E-state index is -4.82. The number of fused-ring (bicyclic) bond motifs is 1. The lowest BCUT2D eigenvalue weighted by molar-refractivity contribution is -0.268. The maximum atomic E-state index is 13.2. The second kappa shape index (κ2) is 5.31. The van der Waals surface area contributed by atoms with Crippen molar-refractivity contribution in [3.8, 4) is 0 Å². The van der Waals surface area contributed by atoms with Gasteiger partial charge >= 0.3 is 6.18 Å². The Labute approximate surface area is 120 Å². The Bertz CT molecular complexity index is 638. The van der Waals surface area contributed by atoms with Gasteiger partial charge in [0.15, 0.2) is 5.60 Å². The first-order valence-electron chi connectivity index (χ1n) is 6.65. The molecular formula is C14H18F3N3O. The number of para-hydroxylation sites is 2. The Kier molecular flexibility index (Phi) is 3.99. The van der Waals surface area contributed by atoms with E-state index >= 15 is 0 Å².